The lowest BCUT2D eigenvalue weighted by Crippen LogP contribution is -2.30. The predicted molar refractivity (Wildman–Crippen MR) is 116 cm³/mol. The molecule has 0 bridgehead atoms. The number of thioether (sulfide) groups is 1. The summed E-state index contributed by atoms with van der Waals surface area (Å²) < 4.78 is 1.72. The number of carbonyl (C=O) groups excluding carboxylic acids is 1. The van der Waals surface area contributed by atoms with Gasteiger partial charge in [-0.1, -0.05) is 66.0 Å². The lowest BCUT2D eigenvalue weighted by atomic mass is 10.2. The second kappa shape index (κ2) is 7.77. The van der Waals surface area contributed by atoms with Gasteiger partial charge in [0.25, 0.3) is 0 Å². The van der Waals surface area contributed by atoms with E-state index in [9.17, 15) is 4.79 Å². The monoisotopic (exact) mass is 416 g/mol. The van der Waals surface area contributed by atoms with Crippen LogP contribution in [0.15, 0.2) is 100 Å². The van der Waals surface area contributed by atoms with Crippen molar-refractivity contribution in [3.8, 4) is 5.69 Å². The average molecular weight is 417 g/mol. The largest absolute Gasteiger partial charge is 0.278 e. The lowest BCUT2D eigenvalue weighted by Gasteiger charge is -2.30. The number of nitrogens with zero attached hydrogens (tertiary/aromatic N) is 4. The Labute approximate surface area is 176 Å². The predicted octanol–water partition coefficient (Wildman–Crippen LogP) is 5.19. The van der Waals surface area contributed by atoms with Crippen LogP contribution in [-0.2, 0) is 4.79 Å². The lowest BCUT2D eigenvalue weighted by molar-refractivity contribution is -0.115. The maximum absolute atomic E-state index is 13.2. The van der Waals surface area contributed by atoms with Crippen molar-refractivity contribution in [2.24, 2.45) is 0 Å². The normalized spacial score (nSPS) is 12.3. The van der Waals surface area contributed by atoms with Gasteiger partial charge in [0.1, 0.15) is 6.33 Å². The van der Waals surface area contributed by atoms with Gasteiger partial charge >= 0.3 is 0 Å². The first-order valence-electron chi connectivity index (χ1n) is 9.08. The topological polar surface area (TPSA) is 51.0 Å². The van der Waals surface area contributed by atoms with Crippen LogP contribution in [0.3, 0.4) is 0 Å². The number of amides is 1. The summed E-state index contributed by atoms with van der Waals surface area (Å²) in [7, 11) is 0. The Morgan fingerprint density at radius 1 is 0.862 bits per heavy atom. The molecule has 4 aromatic rings. The summed E-state index contributed by atoms with van der Waals surface area (Å²) in [6.45, 7) is 0. The van der Waals surface area contributed by atoms with Crippen LogP contribution in [-0.4, -0.2) is 26.4 Å². The van der Waals surface area contributed by atoms with Gasteiger partial charge in [0.2, 0.25) is 11.1 Å². The molecule has 7 heteroatoms. The van der Waals surface area contributed by atoms with Gasteiger partial charge in [-0.15, -0.1) is 5.10 Å². The molecule has 0 fully saturated rings. The van der Waals surface area contributed by atoms with Crippen molar-refractivity contribution in [3.63, 3.8) is 0 Å². The van der Waals surface area contributed by atoms with Gasteiger partial charge in [-0.2, -0.15) is 0 Å². The Morgan fingerprint density at radius 2 is 1.48 bits per heavy atom. The molecule has 0 spiro atoms. The summed E-state index contributed by atoms with van der Waals surface area (Å²) >= 11 is 3.04. The minimum absolute atomic E-state index is 0.00580. The molecular weight excluding hydrogens is 400 g/mol. The van der Waals surface area contributed by atoms with Crippen molar-refractivity contribution in [1.82, 2.24) is 14.8 Å². The summed E-state index contributed by atoms with van der Waals surface area (Å²) in [6, 6.07) is 25.8. The number of para-hydroxylation sites is 3. The van der Waals surface area contributed by atoms with Gasteiger partial charge in [0.15, 0.2) is 0 Å². The average Bonchev–Trinajstić information content (AvgIpc) is 3.25. The SMILES string of the molecule is O=C(CSc1ncn(-c2ccccc2)n1)N1c2ccccc2Sc2ccccc21. The number of aromatic nitrogens is 3. The van der Waals surface area contributed by atoms with Gasteiger partial charge in [-0.25, -0.2) is 9.67 Å². The van der Waals surface area contributed by atoms with Crippen LogP contribution in [0.2, 0.25) is 0 Å². The van der Waals surface area contributed by atoms with E-state index < -0.39 is 0 Å². The molecule has 29 heavy (non-hydrogen) atoms. The van der Waals surface area contributed by atoms with Gasteiger partial charge in [-0.05, 0) is 36.4 Å². The highest BCUT2D eigenvalue weighted by molar-refractivity contribution is 8.00. The van der Waals surface area contributed by atoms with E-state index in [4.69, 9.17) is 0 Å². The molecule has 0 aliphatic carbocycles. The fourth-order valence-corrected chi connectivity index (χ4v) is 4.89. The zero-order valence-electron chi connectivity index (χ0n) is 15.3. The molecule has 142 valence electrons. The number of carbonyl (C=O) groups is 1. The van der Waals surface area contributed by atoms with Gasteiger partial charge in [0, 0.05) is 9.79 Å². The van der Waals surface area contributed by atoms with Crippen LogP contribution in [0.25, 0.3) is 5.69 Å². The highest BCUT2D eigenvalue weighted by atomic mass is 32.2. The molecule has 2 heterocycles. The zero-order chi connectivity index (χ0) is 19.6. The van der Waals surface area contributed by atoms with E-state index in [0.29, 0.717) is 5.16 Å². The molecule has 1 aliphatic heterocycles. The first-order chi connectivity index (χ1) is 14.3. The van der Waals surface area contributed by atoms with Crippen molar-refractivity contribution in [2.45, 2.75) is 14.9 Å². The number of anilines is 2. The highest BCUT2D eigenvalue weighted by Gasteiger charge is 2.27. The standard InChI is InChI=1S/C22H16N4OS2/c27-21(14-28-22-23-15-25(24-22)16-8-2-1-3-9-16)26-17-10-4-6-12-19(17)29-20-13-7-5-11-18(20)26/h1-13,15H,14H2. The van der Waals surface area contributed by atoms with Crippen LogP contribution in [0.5, 0.6) is 0 Å². The van der Waals surface area contributed by atoms with E-state index in [1.807, 2.05) is 83.8 Å². The molecule has 1 amide bonds. The molecule has 0 saturated heterocycles. The molecule has 1 aromatic heterocycles. The molecule has 0 atom stereocenters. The minimum atomic E-state index is 0.00580. The van der Waals surface area contributed by atoms with Crippen LogP contribution in [0, 0.1) is 0 Å². The Bertz CT molecular complexity index is 1130. The molecular formula is C22H16N4OS2. The summed E-state index contributed by atoms with van der Waals surface area (Å²) in [6.07, 6.45) is 1.67. The second-order valence-corrected chi connectivity index (χ2v) is 8.39. The Morgan fingerprint density at radius 3 is 2.17 bits per heavy atom. The van der Waals surface area contributed by atoms with Crippen LogP contribution in [0.1, 0.15) is 0 Å². The molecule has 0 saturated carbocycles. The maximum atomic E-state index is 13.2. The number of rotatable bonds is 4. The highest BCUT2D eigenvalue weighted by Crippen LogP contribution is 2.48. The molecule has 0 unspecified atom stereocenters. The second-order valence-electron chi connectivity index (χ2n) is 6.36. The van der Waals surface area contributed by atoms with Crippen molar-refractivity contribution in [3.05, 3.63) is 85.2 Å². The van der Waals surface area contributed by atoms with Gasteiger partial charge < -0.3 is 0 Å². The first kappa shape index (κ1) is 18.0. The zero-order valence-corrected chi connectivity index (χ0v) is 16.9. The smallest absolute Gasteiger partial charge is 0.242 e. The number of fused-ring (bicyclic) bond motifs is 2. The Kier molecular flexibility index (Phi) is 4.83. The van der Waals surface area contributed by atoms with E-state index in [-0.39, 0.29) is 11.7 Å². The number of hydrogen-bond acceptors (Lipinski definition) is 5. The van der Waals surface area contributed by atoms with Crippen LogP contribution in [0.4, 0.5) is 11.4 Å². The van der Waals surface area contributed by atoms with E-state index >= 15 is 0 Å². The maximum Gasteiger partial charge on any atom is 0.242 e. The Hall–Kier alpha value is -3.03. The number of benzene rings is 3. The molecule has 5 nitrogen and oxygen atoms in total. The third-order valence-corrected chi connectivity index (χ3v) is 6.46. The minimum Gasteiger partial charge on any atom is -0.278 e. The van der Waals surface area contributed by atoms with Crippen molar-refractivity contribution >= 4 is 40.8 Å². The first-order valence-corrected chi connectivity index (χ1v) is 10.9. The van der Waals surface area contributed by atoms with E-state index in [1.54, 1.807) is 22.8 Å². The van der Waals surface area contributed by atoms with Crippen molar-refractivity contribution in [1.29, 1.82) is 0 Å². The fraction of sp³-hybridized carbons (Fsp3) is 0.0455. The third kappa shape index (κ3) is 3.54. The quantitative estimate of drug-likeness (QED) is 0.429. The van der Waals surface area contributed by atoms with E-state index in [2.05, 4.69) is 10.1 Å². The summed E-state index contributed by atoms with van der Waals surface area (Å²) in [5, 5.41) is 5.06. The van der Waals surface area contributed by atoms with Gasteiger partial charge in [-0.3, -0.25) is 9.69 Å². The van der Waals surface area contributed by atoms with Crippen LogP contribution >= 0.6 is 23.5 Å². The fourth-order valence-electron chi connectivity index (χ4n) is 3.18. The molecule has 0 radical (unpaired) electrons. The third-order valence-electron chi connectivity index (χ3n) is 4.50. The van der Waals surface area contributed by atoms with Crippen LogP contribution < -0.4 is 4.90 Å². The van der Waals surface area contributed by atoms with Crippen molar-refractivity contribution in [2.75, 3.05) is 10.7 Å². The summed E-state index contributed by atoms with van der Waals surface area (Å²) in [5.74, 6) is 0.262. The molecule has 5 rings (SSSR count). The van der Waals surface area contributed by atoms with E-state index in [0.717, 1.165) is 26.9 Å². The summed E-state index contributed by atoms with van der Waals surface area (Å²) in [5.41, 5.74) is 2.78. The van der Waals surface area contributed by atoms with Crippen molar-refractivity contribution < 1.29 is 4.79 Å². The Balaban J connectivity index is 1.37. The molecule has 0 N–H and O–H groups in total. The summed E-state index contributed by atoms with van der Waals surface area (Å²) in [4.78, 5) is 21.5. The molecule has 3 aromatic carbocycles. The van der Waals surface area contributed by atoms with E-state index in [1.165, 1.54) is 11.8 Å². The van der Waals surface area contributed by atoms with Gasteiger partial charge in [0.05, 0.1) is 22.8 Å². The number of hydrogen-bond donors (Lipinski definition) is 0. The molecule has 1 aliphatic rings.